The first-order chi connectivity index (χ1) is 5.65. The molecule has 0 saturated carbocycles. The van der Waals surface area contributed by atoms with Gasteiger partial charge in [0.15, 0.2) is 0 Å². The number of allylic oxidation sites excluding steroid dienone is 3. The molecule has 3 heteroatoms. The van der Waals surface area contributed by atoms with Gasteiger partial charge in [-0.2, -0.15) is 0 Å². The van der Waals surface area contributed by atoms with Crippen LogP contribution in [0.25, 0.3) is 0 Å². The molecular formula is C9H16N2O. The SMILES string of the molecule is CN/C(C)=C\C(C)=C(/C=O)CN. The number of aldehydes is 1. The van der Waals surface area contributed by atoms with Gasteiger partial charge in [0.05, 0.1) is 0 Å². The van der Waals surface area contributed by atoms with Gasteiger partial charge < -0.3 is 11.1 Å². The highest BCUT2D eigenvalue weighted by molar-refractivity contribution is 5.76. The largest absolute Gasteiger partial charge is 0.392 e. The molecule has 0 aromatic carbocycles. The Kier molecular flexibility index (Phi) is 5.04. The van der Waals surface area contributed by atoms with Crippen LogP contribution in [0.3, 0.4) is 0 Å². The zero-order valence-corrected chi connectivity index (χ0v) is 7.85. The van der Waals surface area contributed by atoms with Crippen LogP contribution in [0.15, 0.2) is 22.9 Å². The molecule has 0 rings (SSSR count). The van der Waals surface area contributed by atoms with Crippen molar-refractivity contribution in [1.82, 2.24) is 5.32 Å². The molecule has 0 aliphatic carbocycles. The number of carbonyl (C=O) groups excluding carboxylic acids is 1. The molecule has 0 bridgehead atoms. The Bertz CT molecular complexity index is 217. The molecule has 0 amide bonds. The number of rotatable bonds is 4. The van der Waals surface area contributed by atoms with Gasteiger partial charge in [-0.15, -0.1) is 0 Å². The first kappa shape index (κ1) is 10.9. The molecule has 0 spiro atoms. The molecule has 68 valence electrons. The zero-order chi connectivity index (χ0) is 9.56. The maximum atomic E-state index is 10.5. The molecule has 0 unspecified atom stereocenters. The highest BCUT2D eigenvalue weighted by Crippen LogP contribution is 2.03. The van der Waals surface area contributed by atoms with Gasteiger partial charge in [-0.05, 0) is 25.5 Å². The molecule has 0 saturated heterocycles. The monoisotopic (exact) mass is 168 g/mol. The summed E-state index contributed by atoms with van der Waals surface area (Å²) in [7, 11) is 1.84. The van der Waals surface area contributed by atoms with Crippen molar-refractivity contribution in [2.24, 2.45) is 5.73 Å². The third kappa shape index (κ3) is 3.34. The van der Waals surface area contributed by atoms with Crippen molar-refractivity contribution in [3.05, 3.63) is 22.9 Å². The molecule has 0 radical (unpaired) electrons. The first-order valence-electron chi connectivity index (χ1n) is 3.86. The van der Waals surface area contributed by atoms with Crippen molar-refractivity contribution < 1.29 is 4.79 Å². The topological polar surface area (TPSA) is 55.1 Å². The van der Waals surface area contributed by atoms with E-state index in [2.05, 4.69) is 5.32 Å². The second-order valence-corrected chi connectivity index (χ2v) is 2.61. The summed E-state index contributed by atoms with van der Waals surface area (Å²) in [5, 5.41) is 2.97. The van der Waals surface area contributed by atoms with Crippen LogP contribution in [-0.2, 0) is 4.79 Å². The Morgan fingerprint density at radius 2 is 2.08 bits per heavy atom. The minimum atomic E-state index is 0.294. The molecule has 0 atom stereocenters. The van der Waals surface area contributed by atoms with E-state index in [1.54, 1.807) is 0 Å². The second kappa shape index (κ2) is 5.55. The van der Waals surface area contributed by atoms with E-state index < -0.39 is 0 Å². The summed E-state index contributed by atoms with van der Waals surface area (Å²) in [5.41, 5.74) is 7.94. The first-order valence-corrected chi connectivity index (χ1v) is 3.86. The smallest absolute Gasteiger partial charge is 0.147 e. The Balaban J connectivity index is 4.64. The Morgan fingerprint density at radius 3 is 2.42 bits per heavy atom. The summed E-state index contributed by atoms with van der Waals surface area (Å²) >= 11 is 0. The number of carbonyl (C=O) groups is 1. The Hall–Kier alpha value is -1.09. The fourth-order valence-corrected chi connectivity index (χ4v) is 0.792. The van der Waals surface area contributed by atoms with Crippen LogP contribution in [0.5, 0.6) is 0 Å². The van der Waals surface area contributed by atoms with E-state index in [-0.39, 0.29) is 0 Å². The molecule has 3 N–H and O–H groups in total. The fraction of sp³-hybridized carbons (Fsp3) is 0.444. The highest BCUT2D eigenvalue weighted by Gasteiger charge is 1.96. The van der Waals surface area contributed by atoms with Crippen LogP contribution in [0.4, 0.5) is 0 Å². The third-order valence-electron chi connectivity index (χ3n) is 1.70. The van der Waals surface area contributed by atoms with E-state index in [0.29, 0.717) is 12.1 Å². The van der Waals surface area contributed by atoms with Crippen LogP contribution in [0, 0.1) is 0 Å². The van der Waals surface area contributed by atoms with Gasteiger partial charge in [0.2, 0.25) is 0 Å². The van der Waals surface area contributed by atoms with Gasteiger partial charge in [-0.25, -0.2) is 0 Å². The maximum absolute atomic E-state index is 10.5. The van der Waals surface area contributed by atoms with Gasteiger partial charge in [-0.3, -0.25) is 4.79 Å². The predicted octanol–water partition coefficient (Wildman–Crippen LogP) is 0.584. The number of hydrogen-bond acceptors (Lipinski definition) is 3. The number of nitrogens with one attached hydrogen (secondary N) is 1. The normalized spacial score (nSPS) is 13.8. The highest BCUT2D eigenvalue weighted by atomic mass is 16.1. The standard InChI is InChI=1S/C9H16N2O/c1-7(4-8(2)11-3)9(5-10)6-12/h4,6,11H,5,10H2,1-3H3/b8-4-,9-7-. The average molecular weight is 168 g/mol. The van der Waals surface area contributed by atoms with Crippen LogP contribution in [-0.4, -0.2) is 19.9 Å². The zero-order valence-electron chi connectivity index (χ0n) is 7.85. The molecular weight excluding hydrogens is 152 g/mol. The van der Waals surface area contributed by atoms with Crippen LogP contribution < -0.4 is 11.1 Å². The van der Waals surface area contributed by atoms with Crippen LogP contribution in [0.2, 0.25) is 0 Å². The van der Waals surface area contributed by atoms with E-state index in [1.165, 1.54) is 0 Å². The van der Waals surface area contributed by atoms with E-state index in [9.17, 15) is 4.79 Å². The summed E-state index contributed by atoms with van der Waals surface area (Å²) in [6.07, 6.45) is 2.70. The van der Waals surface area contributed by atoms with Crippen LogP contribution >= 0.6 is 0 Å². The third-order valence-corrected chi connectivity index (χ3v) is 1.70. The summed E-state index contributed by atoms with van der Waals surface area (Å²) in [4.78, 5) is 10.5. The van der Waals surface area contributed by atoms with E-state index in [4.69, 9.17) is 5.73 Å². The Morgan fingerprint density at radius 1 is 1.50 bits per heavy atom. The quantitative estimate of drug-likeness (QED) is 0.367. The minimum Gasteiger partial charge on any atom is -0.392 e. The summed E-state index contributed by atoms with van der Waals surface area (Å²) in [6, 6.07) is 0. The fourth-order valence-electron chi connectivity index (χ4n) is 0.792. The lowest BCUT2D eigenvalue weighted by Crippen LogP contribution is -2.07. The average Bonchev–Trinajstić information content (AvgIpc) is 2.06. The lowest BCUT2D eigenvalue weighted by Gasteiger charge is -2.01. The Labute approximate surface area is 73.3 Å². The molecule has 0 aliphatic rings. The van der Waals surface area contributed by atoms with Crippen LogP contribution in [0.1, 0.15) is 13.8 Å². The summed E-state index contributed by atoms with van der Waals surface area (Å²) < 4.78 is 0. The molecule has 12 heavy (non-hydrogen) atoms. The molecule has 0 aliphatic heterocycles. The van der Waals surface area contributed by atoms with E-state index in [1.807, 2.05) is 27.0 Å². The minimum absolute atomic E-state index is 0.294. The summed E-state index contributed by atoms with van der Waals surface area (Å²) in [5.74, 6) is 0. The van der Waals surface area contributed by atoms with Gasteiger partial charge in [0.25, 0.3) is 0 Å². The number of nitrogens with two attached hydrogens (primary N) is 1. The maximum Gasteiger partial charge on any atom is 0.147 e. The molecule has 0 fully saturated rings. The van der Waals surface area contributed by atoms with Crippen molar-refractivity contribution in [2.75, 3.05) is 13.6 Å². The summed E-state index contributed by atoms with van der Waals surface area (Å²) in [6.45, 7) is 4.10. The predicted molar refractivity (Wildman–Crippen MR) is 50.6 cm³/mol. The molecule has 0 aromatic heterocycles. The number of hydrogen-bond donors (Lipinski definition) is 2. The van der Waals surface area contributed by atoms with Gasteiger partial charge in [0, 0.05) is 24.9 Å². The molecule has 0 aromatic rings. The van der Waals surface area contributed by atoms with Crippen molar-refractivity contribution in [2.45, 2.75) is 13.8 Å². The van der Waals surface area contributed by atoms with Gasteiger partial charge >= 0.3 is 0 Å². The van der Waals surface area contributed by atoms with Crippen molar-refractivity contribution in [3.8, 4) is 0 Å². The molecule has 3 nitrogen and oxygen atoms in total. The second-order valence-electron chi connectivity index (χ2n) is 2.61. The lowest BCUT2D eigenvalue weighted by atomic mass is 10.1. The lowest BCUT2D eigenvalue weighted by molar-refractivity contribution is -0.104. The van der Waals surface area contributed by atoms with Crippen molar-refractivity contribution in [1.29, 1.82) is 0 Å². The van der Waals surface area contributed by atoms with Crippen molar-refractivity contribution in [3.63, 3.8) is 0 Å². The van der Waals surface area contributed by atoms with Gasteiger partial charge in [0.1, 0.15) is 6.29 Å². The van der Waals surface area contributed by atoms with E-state index >= 15 is 0 Å². The van der Waals surface area contributed by atoms with Gasteiger partial charge in [-0.1, -0.05) is 0 Å². The van der Waals surface area contributed by atoms with Crippen molar-refractivity contribution >= 4 is 6.29 Å². The molecule has 0 heterocycles. The van der Waals surface area contributed by atoms with E-state index in [0.717, 1.165) is 17.6 Å².